The Kier molecular flexibility index (Phi) is 3.93. The molecule has 2 rings (SSSR count). The summed E-state index contributed by atoms with van der Waals surface area (Å²) >= 11 is 5.25. The van der Waals surface area contributed by atoms with E-state index in [1.165, 1.54) is 0 Å². The largest absolute Gasteiger partial charge is 0.315 e. The highest BCUT2D eigenvalue weighted by Gasteiger charge is 2.21. The van der Waals surface area contributed by atoms with Crippen LogP contribution in [0.25, 0.3) is 11.4 Å². The summed E-state index contributed by atoms with van der Waals surface area (Å²) in [7, 11) is 1.80. The lowest BCUT2D eigenvalue weighted by Gasteiger charge is -2.22. The third-order valence-corrected chi connectivity index (χ3v) is 3.82. The predicted octanol–water partition coefficient (Wildman–Crippen LogP) is 3.18. The van der Waals surface area contributed by atoms with Crippen LogP contribution in [0.1, 0.15) is 46.4 Å². The molecule has 0 aliphatic heterocycles. The monoisotopic (exact) mass is 306 g/mol. The van der Waals surface area contributed by atoms with Crippen molar-refractivity contribution in [2.75, 3.05) is 0 Å². The average molecular weight is 306 g/mol. The zero-order valence-corrected chi connectivity index (χ0v) is 14.2. The first-order valence-electron chi connectivity index (χ1n) is 7.02. The van der Waals surface area contributed by atoms with Gasteiger partial charge in [0.25, 0.3) is 5.56 Å². The summed E-state index contributed by atoms with van der Waals surface area (Å²) in [5.41, 5.74) is 1.40. The Morgan fingerprint density at radius 2 is 1.90 bits per heavy atom. The minimum absolute atomic E-state index is 0.0571. The predicted molar refractivity (Wildman–Crippen MR) is 87.2 cm³/mol. The molecule has 0 aliphatic rings. The lowest BCUT2D eigenvalue weighted by atomic mass is 9.91. The van der Waals surface area contributed by atoms with Crippen LogP contribution < -0.4 is 5.56 Å². The maximum atomic E-state index is 12.7. The highest BCUT2D eigenvalue weighted by Crippen LogP contribution is 2.23. The molecule has 0 fully saturated rings. The summed E-state index contributed by atoms with van der Waals surface area (Å²) < 4.78 is 4.09. The molecular formula is C15H22N4OS. The third kappa shape index (κ3) is 2.72. The van der Waals surface area contributed by atoms with Gasteiger partial charge in [-0.1, -0.05) is 20.8 Å². The van der Waals surface area contributed by atoms with Gasteiger partial charge in [0.1, 0.15) is 0 Å². The second-order valence-corrected chi connectivity index (χ2v) is 6.95. The molecule has 6 heteroatoms. The lowest BCUT2D eigenvalue weighted by Crippen LogP contribution is -2.28. The number of hydrogen-bond donors (Lipinski definition) is 1. The Bertz CT molecular complexity index is 774. The van der Waals surface area contributed by atoms with Crippen molar-refractivity contribution in [1.82, 2.24) is 19.3 Å². The van der Waals surface area contributed by atoms with E-state index in [1.54, 1.807) is 11.6 Å². The van der Waals surface area contributed by atoms with Crippen LogP contribution in [0.2, 0.25) is 0 Å². The molecule has 0 aliphatic carbocycles. The van der Waals surface area contributed by atoms with Gasteiger partial charge in [-0.2, -0.15) is 5.10 Å². The second kappa shape index (κ2) is 5.26. The molecule has 1 N–H and O–H groups in total. The van der Waals surface area contributed by atoms with Crippen molar-refractivity contribution in [1.29, 1.82) is 0 Å². The van der Waals surface area contributed by atoms with Crippen LogP contribution >= 0.6 is 12.2 Å². The highest BCUT2D eigenvalue weighted by atomic mass is 32.1. The zero-order valence-electron chi connectivity index (χ0n) is 13.4. The molecular weight excluding hydrogens is 284 g/mol. The normalized spacial score (nSPS) is 12.1. The van der Waals surface area contributed by atoms with E-state index in [2.05, 4.69) is 31.0 Å². The number of aromatic nitrogens is 4. The molecule has 21 heavy (non-hydrogen) atoms. The number of hydrogen-bond acceptors (Lipinski definition) is 3. The van der Waals surface area contributed by atoms with Crippen LogP contribution in [0.3, 0.4) is 0 Å². The molecule has 2 aromatic heterocycles. The number of rotatable bonds is 2. The van der Waals surface area contributed by atoms with E-state index in [-0.39, 0.29) is 17.0 Å². The van der Waals surface area contributed by atoms with E-state index < -0.39 is 0 Å². The molecule has 0 radical (unpaired) electrons. The van der Waals surface area contributed by atoms with E-state index >= 15 is 0 Å². The molecule has 114 valence electrons. The summed E-state index contributed by atoms with van der Waals surface area (Å²) in [6, 6.07) is 3.96. The summed E-state index contributed by atoms with van der Waals surface area (Å²) in [4.78, 5) is 12.7. The van der Waals surface area contributed by atoms with Gasteiger partial charge in [-0.25, -0.2) is 0 Å². The molecule has 2 aromatic rings. The summed E-state index contributed by atoms with van der Waals surface area (Å²) in [5.74, 6) is 0.594. The maximum absolute atomic E-state index is 12.7. The van der Waals surface area contributed by atoms with Gasteiger partial charge < -0.3 is 4.57 Å². The summed E-state index contributed by atoms with van der Waals surface area (Å²) in [6.07, 6.45) is 0. The highest BCUT2D eigenvalue weighted by molar-refractivity contribution is 7.71. The first kappa shape index (κ1) is 15.7. The standard InChI is InChI=1S/C15H22N4OS/c1-9(2)19-12(16-17-14(19)21)10-7-8-11(15(3,4)5)18(6)13(10)20/h7-9H,1-6H3,(H,17,21). The van der Waals surface area contributed by atoms with Crippen molar-refractivity contribution in [2.45, 2.75) is 46.1 Å². The van der Waals surface area contributed by atoms with E-state index in [9.17, 15) is 4.79 Å². The van der Waals surface area contributed by atoms with E-state index in [0.29, 0.717) is 16.2 Å². The van der Waals surface area contributed by atoms with Crippen LogP contribution in [0, 0.1) is 4.77 Å². The molecule has 0 saturated heterocycles. The van der Waals surface area contributed by atoms with Gasteiger partial charge in [0.15, 0.2) is 10.6 Å². The topological polar surface area (TPSA) is 55.6 Å². The molecule has 0 spiro atoms. The van der Waals surface area contributed by atoms with Crippen molar-refractivity contribution in [3.63, 3.8) is 0 Å². The van der Waals surface area contributed by atoms with Crippen LogP contribution in [0.4, 0.5) is 0 Å². The van der Waals surface area contributed by atoms with E-state index in [4.69, 9.17) is 12.2 Å². The molecule has 0 atom stereocenters. The molecule has 0 unspecified atom stereocenters. The van der Waals surface area contributed by atoms with Gasteiger partial charge in [-0.3, -0.25) is 14.5 Å². The van der Waals surface area contributed by atoms with E-state index in [0.717, 1.165) is 5.69 Å². The number of aromatic amines is 1. The van der Waals surface area contributed by atoms with Crippen molar-refractivity contribution < 1.29 is 0 Å². The maximum Gasteiger partial charge on any atom is 0.261 e. The first-order chi connectivity index (χ1) is 9.64. The minimum atomic E-state index is -0.0881. The zero-order chi connectivity index (χ0) is 15.9. The number of H-pyrrole nitrogens is 1. The van der Waals surface area contributed by atoms with E-state index in [1.807, 2.05) is 30.5 Å². The van der Waals surface area contributed by atoms with Crippen molar-refractivity contribution >= 4 is 12.2 Å². The third-order valence-electron chi connectivity index (χ3n) is 3.53. The molecule has 0 saturated carbocycles. The van der Waals surface area contributed by atoms with Gasteiger partial charge in [0.05, 0.1) is 5.56 Å². The second-order valence-electron chi connectivity index (χ2n) is 6.56. The van der Waals surface area contributed by atoms with Gasteiger partial charge >= 0.3 is 0 Å². The van der Waals surface area contributed by atoms with Gasteiger partial charge in [-0.15, -0.1) is 0 Å². The minimum Gasteiger partial charge on any atom is -0.315 e. The Labute approximate surface area is 129 Å². The van der Waals surface area contributed by atoms with Gasteiger partial charge in [-0.05, 0) is 38.2 Å². The smallest absolute Gasteiger partial charge is 0.261 e. The Morgan fingerprint density at radius 1 is 1.29 bits per heavy atom. The van der Waals surface area contributed by atoms with Crippen LogP contribution in [-0.4, -0.2) is 19.3 Å². The van der Waals surface area contributed by atoms with Crippen molar-refractivity contribution in [3.05, 3.63) is 33.0 Å². The van der Waals surface area contributed by atoms with Crippen molar-refractivity contribution in [3.8, 4) is 11.4 Å². The van der Waals surface area contributed by atoms with Crippen LogP contribution in [0.5, 0.6) is 0 Å². The Balaban J connectivity index is 2.71. The van der Waals surface area contributed by atoms with Crippen LogP contribution in [-0.2, 0) is 12.5 Å². The summed E-state index contributed by atoms with van der Waals surface area (Å²) in [5, 5.41) is 7.01. The molecule has 0 bridgehead atoms. The number of nitrogens with one attached hydrogen (secondary N) is 1. The van der Waals surface area contributed by atoms with Crippen LogP contribution in [0.15, 0.2) is 16.9 Å². The van der Waals surface area contributed by atoms with Gasteiger partial charge in [0.2, 0.25) is 0 Å². The molecule has 2 heterocycles. The molecule has 0 amide bonds. The van der Waals surface area contributed by atoms with Gasteiger partial charge in [0, 0.05) is 24.2 Å². The Morgan fingerprint density at radius 3 is 2.43 bits per heavy atom. The molecule has 5 nitrogen and oxygen atoms in total. The fourth-order valence-corrected chi connectivity index (χ4v) is 2.88. The SMILES string of the molecule is CC(C)n1c(-c2ccc(C(C)(C)C)n(C)c2=O)n[nH]c1=S. The quantitative estimate of drug-likeness (QED) is 0.867. The number of pyridine rings is 1. The lowest BCUT2D eigenvalue weighted by molar-refractivity contribution is 0.531. The van der Waals surface area contributed by atoms with Crippen molar-refractivity contribution in [2.24, 2.45) is 7.05 Å². The fourth-order valence-electron chi connectivity index (χ4n) is 2.53. The fraction of sp³-hybridized carbons (Fsp3) is 0.533. The first-order valence-corrected chi connectivity index (χ1v) is 7.43. The summed E-state index contributed by atoms with van der Waals surface area (Å²) in [6.45, 7) is 10.3. The molecule has 0 aromatic carbocycles. The average Bonchev–Trinajstić information content (AvgIpc) is 2.73. The number of nitrogens with zero attached hydrogens (tertiary/aromatic N) is 3. The Hall–Kier alpha value is -1.69.